The van der Waals surface area contributed by atoms with E-state index in [0.29, 0.717) is 0 Å². The van der Waals surface area contributed by atoms with Gasteiger partial charge in [-0.05, 0) is 74.9 Å². The smallest absolute Gasteiger partial charge is 0.510 e. The Hall–Kier alpha value is -4.74. The molecule has 7 heteroatoms. The van der Waals surface area contributed by atoms with E-state index in [1.807, 2.05) is 108 Å². The van der Waals surface area contributed by atoms with Gasteiger partial charge in [-0.15, -0.1) is 65.5 Å². The molecule has 2 aliphatic heterocycles. The van der Waals surface area contributed by atoms with Gasteiger partial charge in [-0.25, -0.2) is 0 Å². The third-order valence-corrected chi connectivity index (χ3v) is 10.7. The Balaban J connectivity index is 0.000000182. The van der Waals surface area contributed by atoms with Gasteiger partial charge in [0, 0.05) is 5.39 Å². The summed E-state index contributed by atoms with van der Waals surface area (Å²) >= 11 is 0. The molecule has 1 aromatic heterocycles. The standard InChI is InChI=1S/C27H19NP.C14H15N4.Os/c1-4-11-21(12-5-1)25-20-19-22-13-10-18-26(27(22)28-25)29(23-14-6-2-7-15-23)24-16-8-3-9-17-24;1-15-6-8-17(11-15)13-4-3-5-14(10-13)18-9-7-16(2)12-18;/h1-11,13-20H;3-9,11-12H,1-2H3;/q-1;-3;+4/p+1. The van der Waals surface area contributed by atoms with Gasteiger partial charge < -0.3 is 19.6 Å². The first kappa shape index (κ1) is 33.2. The topological polar surface area (TPSA) is 25.9 Å². The van der Waals surface area contributed by atoms with E-state index in [2.05, 4.69) is 109 Å². The zero-order chi connectivity index (χ0) is 32.0. The molecule has 0 radical (unpaired) electrons. The molecule has 0 bridgehead atoms. The molecular weight excluding hydrogens is 784 g/mol. The van der Waals surface area contributed by atoms with Crippen LogP contribution in [0.2, 0.25) is 0 Å². The monoisotopic (exact) mass is 820 g/mol. The van der Waals surface area contributed by atoms with Crippen LogP contribution in [0.15, 0.2) is 158 Å². The molecule has 2 aliphatic rings. The van der Waals surface area contributed by atoms with Crippen LogP contribution in [0.3, 0.4) is 0 Å². The van der Waals surface area contributed by atoms with Crippen molar-refractivity contribution in [2.24, 2.45) is 0 Å². The molecule has 0 saturated carbocycles. The first-order valence-corrected chi connectivity index (χ1v) is 17.1. The van der Waals surface area contributed by atoms with E-state index in [4.69, 9.17) is 4.98 Å². The summed E-state index contributed by atoms with van der Waals surface area (Å²) in [6, 6.07) is 53.4. The van der Waals surface area contributed by atoms with Crippen molar-refractivity contribution in [2.75, 3.05) is 23.9 Å². The fourth-order valence-electron chi connectivity index (χ4n) is 5.67. The van der Waals surface area contributed by atoms with Crippen LogP contribution in [-0.2, 0) is 19.8 Å². The Kier molecular flexibility index (Phi) is 10.7. The summed E-state index contributed by atoms with van der Waals surface area (Å²) in [4.78, 5) is 13.2. The fourth-order valence-corrected chi connectivity index (χ4v) is 8.38. The number of pyridine rings is 1. The summed E-state index contributed by atoms with van der Waals surface area (Å²) in [5, 5.41) is 5.24. The second kappa shape index (κ2) is 15.4. The second-order valence-corrected chi connectivity index (χ2v) is 13.8. The maximum absolute atomic E-state index is 5.11. The minimum Gasteiger partial charge on any atom is -0.510 e. The summed E-state index contributed by atoms with van der Waals surface area (Å²) in [5.74, 6) is 0. The molecule has 0 spiro atoms. The number of para-hydroxylation sites is 1. The second-order valence-electron chi connectivity index (χ2n) is 11.4. The van der Waals surface area contributed by atoms with Crippen LogP contribution >= 0.6 is 7.92 Å². The molecule has 5 nitrogen and oxygen atoms in total. The number of benzene rings is 5. The van der Waals surface area contributed by atoms with Gasteiger partial charge >= 0.3 is 19.8 Å². The van der Waals surface area contributed by atoms with Crippen molar-refractivity contribution >= 4 is 46.1 Å². The molecule has 48 heavy (non-hydrogen) atoms. The molecule has 0 N–H and O–H groups in total. The molecule has 0 fully saturated rings. The molecule has 0 amide bonds. The summed E-state index contributed by atoms with van der Waals surface area (Å²) in [5.41, 5.74) is 5.14. The minimum atomic E-state index is -1.17. The van der Waals surface area contributed by atoms with Crippen LogP contribution in [0, 0.1) is 25.5 Å². The molecule has 3 heterocycles. The summed E-state index contributed by atoms with van der Waals surface area (Å²) in [7, 11) is 2.84. The van der Waals surface area contributed by atoms with Crippen LogP contribution in [-0.4, -0.2) is 28.9 Å². The van der Waals surface area contributed by atoms with E-state index in [9.17, 15) is 0 Å². The number of hydrogen-bond donors (Lipinski definition) is 0. The maximum atomic E-state index is 5.11. The van der Waals surface area contributed by atoms with E-state index in [-0.39, 0.29) is 19.8 Å². The fraction of sp³-hybridized carbons (Fsp3) is 0.0488. The maximum Gasteiger partial charge on any atom is 4.00 e. The van der Waals surface area contributed by atoms with E-state index in [1.165, 1.54) is 21.3 Å². The van der Waals surface area contributed by atoms with Gasteiger partial charge in [-0.3, -0.25) is 4.98 Å². The van der Waals surface area contributed by atoms with E-state index < -0.39 is 7.92 Å². The Morgan fingerprint density at radius 3 is 1.71 bits per heavy atom. The Labute approximate surface area is 298 Å². The molecular formula is C41H35N5OsP+. The van der Waals surface area contributed by atoms with Crippen LogP contribution in [0.5, 0.6) is 0 Å². The molecule has 236 valence electrons. The zero-order valence-electron chi connectivity index (χ0n) is 26.8. The predicted molar refractivity (Wildman–Crippen MR) is 199 cm³/mol. The van der Waals surface area contributed by atoms with Gasteiger partial charge in [0.05, 0.1) is 0 Å². The third-order valence-electron chi connectivity index (χ3n) is 7.96. The summed E-state index contributed by atoms with van der Waals surface area (Å²) in [6.07, 6.45) is 8.06. The Morgan fingerprint density at radius 2 is 1.17 bits per heavy atom. The zero-order valence-corrected chi connectivity index (χ0v) is 30.3. The quantitative estimate of drug-likeness (QED) is 0.129. The SMILES string of the molecule is CN1C=CN(c2[c-]c(N3C=CN(C)[CH-]3)ccc2)[CH-]1.[Os+4].[c-]1ccccc1-c1ccc2cccc([PH+](c3ccccc3)c3ccccc3)c2n1. The van der Waals surface area contributed by atoms with Crippen molar-refractivity contribution in [1.29, 1.82) is 0 Å². The van der Waals surface area contributed by atoms with E-state index in [1.54, 1.807) is 0 Å². The van der Waals surface area contributed by atoms with E-state index in [0.717, 1.165) is 28.1 Å². The molecule has 0 unspecified atom stereocenters. The number of nitrogens with zero attached hydrogens (tertiary/aromatic N) is 5. The van der Waals surface area contributed by atoms with Crippen molar-refractivity contribution < 1.29 is 19.8 Å². The van der Waals surface area contributed by atoms with Crippen molar-refractivity contribution in [1.82, 2.24) is 14.8 Å². The number of rotatable bonds is 6. The Bertz CT molecular complexity index is 1920. The van der Waals surface area contributed by atoms with Crippen molar-refractivity contribution in [2.45, 2.75) is 0 Å². The van der Waals surface area contributed by atoms with Gasteiger partial charge in [0.15, 0.2) is 0 Å². The molecule has 5 aromatic carbocycles. The largest absolute Gasteiger partial charge is 4.00 e. The number of anilines is 2. The van der Waals surface area contributed by atoms with Crippen molar-refractivity contribution in [3.05, 3.63) is 184 Å². The van der Waals surface area contributed by atoms with Crippen molar-refractivity contribution in [3.8, 4) is 11.3 Å². The number of hydrogen-bond acceptors (Lipinski definition) is 5. The van der Waals surface area contributed by atoms with Crippen LogP contribution in [0.1, 0.15) is 0 Å². The molecule has 8 rings (SSSR count). The number of aromatic nitrogens is 1. The van der Waals surface area contributed by atoms with Crippen LogP contribution < -0.4 is 25.7 Å². The third kappa shape index (κ3) is 7.53. The summed E-state index contributed by atoms with van der Waals surface area (Å²) in [6.45, 7) is 4.04. The molecule has 0 aliphatic carbocycles. The van der Waals surface area contributed by atoms with E-state index >= 15 is 0 Å². The molecule has 0 saturated heterocycles. The molecule has 0 atom stereocenters. The average molecular weight is 819 g/mol. The summed E-state index contributed by atoms with van der Waals surface area (Å²) < 4.78 is 0. The van der Waals surface area contributed by atoms with Gasteiger partial charge in [-0.2, -0.15) is 19.4 Å². The van der Waals surface area contributed by atoms with Crippen LogP contribution in [0.25, 0.3) is 22.2 Å². The Morgan fingerprint density at radius 1 is 0.583 bits per heavy atom. The van der Waals surface area contributed by atoms with Gasteiger partial charge in [0.1, 0.15) is 29.4 Å². The minimum absolute atomic E-state index is 0. The van der Waals surface area contributed by atoms with Gasteiger partial charge in [0.2, 0.25) is 0 Å². The van der Waals surface area contributed by atoms with Gasteiger partial charge in [0.25, 0.3) is 0 Å². The molecule has 6 aromatic rings. The normalized spacial score (nSPS) is 13.6. The predicted octanol–water partition coefficient (Wildman–Crippen LogP) is 7.36. The number of fused-ring (bicyclic) bond motifs is 1. The van der Waals surface area contributed by atoms with Crippen molar-refractivity contribution in [3.63, 3.8) is 0 Å². The average Bonchev–Trinajstić information content (AvgIpc) is 3.78. The van der Waals surface area contributed by atoms with Gasteiger partial charge in [-0.1, -0.05) is 60.7 Å². The first-order chi connectivity index (χ1) is 23.1. The first-order valence-electron chi connectivity index (χ1n) is 15.6. The van der Waals surface area contributed by atoms with Crippen LogP contribution in [0.4, 0.5) is 11.4 Å².